The smallest absolute Gasteiger partial charge is 0.259 e. The highest BCUT2D eigenvalue weighted by atomic mass is 35.5. The summed E-state index contributed by atoms with van der Waals surface area (Å²) in [6.07, 6.45) is 0. The Bertz CT molecular complexity index is 750. The largest absolute Gasteiger partial charge is 0.399 e. The highest BCUT2D eigenvalue weighted by molar-refractivity contribution is 6.33. The number of hydrogen-bond donors (Lipinski definition) is 1. The van der Waals surface area contributed by atoms with Crippen molar-refractivity contribution >= 4 is 17.3 Å². The molecule has 0 fully saturated rings. The van der Waals surface area contributed by atoms with Crippen LogP contribution in [0, 0.1) is 6.92 Å². The van der Waals surface area contributed by atoms with E-state index in [1.54, 1.807) is 18.2 Å². The zero-order valence-corrected chi connectivity index (χ0v) is 11.6. The Kier molecular flexibility index (Phi) is 3.16. The average molecular weight is 286 g/mol. The molecule has 0 aliphatic carbocycles. The van der Waals surface area contributed by atoms with Gasteiger partial charge in [0.25, 0.3) is 5.89 Å². The Morgan fingerprint density at radius 2 is 1.85 bits per heavy atom. The Labute approximate surface area is 121 Å². The minimum absolute atomic E-state index is 0.380. The van der Waals surface area contributed by atoms with Crippen LogP contribution in [0.3, 0.4) is 0 Å². The molecule has 2 aromatic carbocycles. The second kappa shape index (κ2) is 4.98. The van der Waals surface area contributed by atoms with E-state index in [0.29, 0.717) is 28.0 Å². The molecule has 3 aromatic rings. The maximum absolute atomic E-state index is 6.13. The fraction of sp³-hybridized carbons (Fsp3) is 0.0667. The molecule has 0 amide bonds. The Morgan fingerprint density at radius 3 is 2.55 bits per heavy atom. The van der Waals surface area contributed by atoms with E-state index in [-0.39, 0.29) is 0 Å². The molecular formula is C15H12ClN3O. The van der Waals surface area contributed by atoms with Crippen molar-refractivity contribution in [2.24, 2.45) is 0 Å². The highest BCUT2D eigenvalue weighted by Gasteiger charge is 2.13. The van der Waals surface area contributed by atoms with E-state index < -0.39 is 0 Å². The number of aromatic nitrogens is 2. The molecule has 3 rings (SSSR count). The number of nitrogens with two attached hydrogens (primary N) is 1. The summed E-state index contributed by atoms with van der Waals surface area (Å²) >= 11 is 6.13. The van der Waals surface area contributed by atoms with Crippen LogP contribution in [0.5, 0.6) is 0 Å². The molecule has 4 nitrogen and oxygen atoms in total. The first kappa shape index (κ1) is 12.7. The molecule has 0 bridgehead atoms. The van der Waals surface area contributed by atoms with Gasteiger partial charge in [-0.25, -0.2) is 0 Å². The van der Waals surface area contributed by atoms with E-state index in [2.05, 4.69) is 10.1 Å². The van der Waals surface area contributed by atoms with Crippen molar-refractivity contribution in [1.29, 1.82) is 0 Å². The molecule has 2 N–H and O–H groups in total. The van der Waals surface area contributed by atoms with Gasteiger partial charge in [0.1, 0.15) is 0 Å². The third-order valence-electron chi connectivity index (χ3n) is 2.96. The Morgan fingerprint density at radius 1 is 1.10 bits per heavy atom. The van der Waals surface area contributed by atoms with Crippen molar-refractivity contribution in [3.63, 3.8) is 0 Å². The summed E-state index contributed by atoms with van der Waals surface area (Å²) in [4.78, 5) is 4.37. The quantitative estimate of drug-likeness (QED) is 0.724. The van der Waals surface area contributed by atoms with Crippen LogP contribution in [0.25, 0.3) is 22.8 Å². The maximum Gasteiger partial charge on any atom is 0.259 e. The van der Waals surface area contributed by atoms with Crippen LogP contribution in [0.15, 0.2) is 47.0 Å². The van der Waals surface area contributed by atoms with Gasteiger partial charge in [0.2, 0.25) is 5.82 Å². The third-order valence-corrected chi connectivity index (χ3v) is 3.27. The molecule has 0 radical (unpaired) electrons. The van der Waals surface area contributed by atoms with E-state index in [1.165, 1.54) is 5.56 Å². The summed E-state index contributed by atoms with van der Waals surface area (Å²) in [6, 6.07) is 13.1. The molecule has 0 spiro atoms. The van der Waals surface area contributed by atoms with Crippen molar-refractivity contribution in [1.82, 2.24) is 10.1 Å². The van der Waals surface area contributed by atoms with E-state index in [1.807, 2.05) is 31.2 Å². The zero-order chi connectivity index (χ0) is 14.1. The lowest BCUT2D eigenvalue weighted by atomic mass is 10.1. The average Bonchev–Trinajstić information content (AvgIpc) is 2.89. The maximum atomic E-state index is 6.13. The van der Waals surface area contributed by atoms with Crippen molar-refractivity contribution in [3.8, 4) is 22.8 Å². The summed E-state index contributed by atoms with van der Waals surface area (Å²) < 4.78 is 5.27. The molecule has 100 valence electrons. The van der Waals surface area contributed by atoms with E-state index in [4.69, 9.17) is 21.9 Å². The lowest BCUT2D eigenvalue weighted by Gasteiger charge is -1.99. The first-order valence-electron chi connectivity index (χ1n) is 6.09. The SMILES string of the molecule is Cc1ccc(-c2noc(-c3ccc(N)cc3Cl)n2)cc1. The molecule has 1 heterocycles. The number of halogens is 1. The number of anilines is 1. The van der Waals surface area contributed by atoms with E-state index in [9.17, 15) is 0 Å². The molecular weight excluding hydrogens is 274 g/mol. The summed E-state index contributed by atoms with van der Waals surface area (Å²) in [6.45, 7) is 2.03. The first-order chi connectivity index (χ1) is 9.63. The van der Waals surface area contributed by atoms with Gasteiger partial charge in [0.05, 0.1) is 10.6 Å². The number of rotatable bonds is 2. The van der Waals surface area contributed by atoms with Gasteiger partial charge >= 0.3 is 0 Å². The van der Waals surface area contributed by atoms with Gasteiger partial charge in [-0.2, -0.15) is 4.98 Å². The molecule has 5 heteroatoms. The van der Waals surface area contributed by atoms with Gasteiger partial charge in [-0.3, -0.25) is 0 Å². The molecule has 0 unspecified atom stereocenters. The van der Waals surface area contributed by atoms with Crippen LogP contribution in [0.2, 0.25) is 5.02 Å². The van der Waals surface area contributed by atoms with Gasteiger partial charge < -0.3 is 10.3 Å². The minimum atomic E-state index is 0.380. The van der Waals surface area contributed by atoms with Crippen LogP contribution in [-0.2, 0) is 0 Å². The molecule has 0 aliphatic heterocycles. The van der Waals surface area contributed by atoms with E-state index in [0.717, 1.165) is 5.56 Å². The third kappa shape index (κ3) is 2.38. The lowest BCUT2D eigenvalue weighted by molar-refractivity contribution is 0.432. The Balaban J connectivity index is 1.99. The molecule has 0 atom stereocenters. The van der Waals surface area contributed by atoms with E-state index >= 15 is 0 Å². The van der Waals surface area contributed by atoms with Crippen LogP contribution in [-0.4, -0.2) is 10.1 Å². The van der Waals surface area contributed by atoms with Crippen molar-refractivity contribution in [2.75, 3.05) is 5.73 Å². The highest BCUT2D eigenvalue weighted by Crippen LogP contribution is 2.29. The molecule has 0 aliphatic rings. The van der Waals surface area contributed by atoms with Gasteiger partial charge in [0, 0.05) is 11.3 Å². The summed E-state index contributed by atoms with van der Waals surface area (Å²) in [5, 5.41) is 4.47. The van der Waals surface area contributed by atoms with Crippen molar-refractivity contribution in [3.05, 3.63) is 53.1 Å². The van der Waals surface area contributed by atoms with Gasteiger partial charge in [0.15, 0.2) is 0 Å². The summed E-state index contributed by atoms with van der Waals surface area (Å²) in [5.41, 5.74) is 9.01. The van der Waals surface area contributed by atoms with Crippen LogP contribution < -0.4 is 5.73 Å². The molecule has 20 heavy (non-hydrogen) atoms. The van der Waals surface area contributed by atoms with Crippen molar-refractivity contribution in [2.45, 2.75) is 6.92 Å². The fourth-order valence-electron chi connectivity index (χ4n) is 1.86. The monoisotopic (exact) mass is 285 g/mol. The Hall–Kier alpha value is -2.33. The topological polar surface area (TPSA) is 64.9 Å². The predicted octanol–water partition coefficient (Wildman–Crippen LogP) is 3.95. The lowest BCUT2D eigenvalue weighted by Crippen LogP contribution is -1.86. The van der Waals surface area contributed by atoms with Gasteiger partial charge in [-0.1, -0.05) is 46.6 Å². The zero-order valence-electron chi connectivity index (χ0n) is 10.8. The van der Waals surface area contributed by atoms with Gasteiger partial charge in [-0.15, -0.1) is 0 Å². The number of nitrogen functional groups attached to an aromatic ring is 1. The second-order valence-electron chi connectivity index (χ2n) is 4.53. The summed E-state index contributed by atoms with van der Waals surface area (Å²) in [5.74, 6) is 0.915. The second-order valence-corrected chi connectivity index (χ2v) is 4.94. The standard InChI is InChI=1S/C15H12ClN3O/c1-9-2-4-10(5-3-9)14-18-15(20-19-14)12-7-6-11(17)8-13(12)16/h2-8H,17H2,1H3. The number of hydrogen-bond acceptors (Lipinski definition) is 4. The molecule has 0 saturated heterocycles. The number of benzene rings is 2. The predicted molar refractivity (Wildman–Crippen MR) is 79.3 cm³/mol. The molecule has 0 saturated carbocycles. The van der Waals surface area contributed by atoms with Gasteiger partial charge in [-0.05, 0) is 25.1 Å². The number of aryl methyl sites for hydroxylation is 1. The normalized spacial score (nSPS) is 10.7. The van der Waals surface area contributed by atoms with Crippen LogP contribution in [0.4, 0.5) is 5.69 Å². The number of nitrogens with zero attached hydrogens (tertiary/aromatic N) is 2. The van der Waals surface area contributed by atoms with Crippen molar-refractivity contribution < 1.29 is 4.52 Å². The van der Waals surface area contributed by atoms with Crippen LogP contribution in [0.1, 0.15) is 5.56 Å². The minimum Gasteiger partial charge on any atom is -0.399 e. The fourth-order valence-corrected chi connectivity index (χ4v) is 2.13. The van der Waals surface area contributed by atoms with Crippen LogP contribution >= 0.6 is 11.6 Å². The summed E-state index contributed by atoms with van der Waals surface area (Å²) in [7, 11) is 0. The molecule has 1 aromatic heterocycles. The first-order valence-corrected chi connectivity index (χ1v) is 6.47.